The predicted molar refractivity (Wildman–Crippen MR) is 132 cm³/mol. The van der Waals surface area contributed by atoms with Gasteiger partial charge in [-0.25, -0.2) is 13.1 Å². The second kappa shape index (κ2) is 13.1. The van der Waals surface area contributed by atoms with Gasteiger partial charge in [0.15, 0.2) is 5.96 Å². The number of nitrogens with one attached hydrogen (secondary N) is 3. The number of nitrogens with zero attached hydrogens (tertiary/aromatic N) is 2. The first-order chi connectivity index (χ1) is 13.8. The molecule has 9 nitrogen and oxygen atoms in total. The van der Waals surface area contributed by atoms with Crippen LogP contribution >= 0.6 is 24.0 Å². The van der Waals surface area contributed by atoms with Crippen molar-refractivity contribution in [1.82, 2.24) is 15.4 Å². The highest BCUT2D eigenvalue weighted by atomic mass is 127. The number of sulfonamides is 1. The lowest BCUT2D eigenvalue weighted by molar-refractivity contribution is 0.394. The highest BCUT2D eigenvalue weighted by Gasteiger charge is 2.24. The second-order valence-electron chi connectivity index (χ2n) is 6.93. The van der Waals surface area contributed by atoms with E-state index in [9.17, 15) is 8.42 Å². The molecule has 1 fully saturated rings. The molecule has 0 aromatic heterocycles. The van der Waals surface area contributed by atoms with Gasteiger partial charge in [-0.3, -0.25) is 4.99 Å². The molecule has 1 aliphatic heterocycles. The Hall–Kier alpha value is -1.47. The molecule has 1 saturated heterocycles. The topological polar surface area (TPSA) is 104 Å². The Morgan fingerprint density at radius 3 is 2.47 bits per heavy atom. The number of guanidine groups is 1. The lowest BCUT2D eigenvalue weighted by atomic mass is 10.2. The molecule has 11 heteroatoms. The van der Waals surface area contributed by atoms with Crippen molar-refractivity contribution in [2.75, 3.05) is 58.1 Å². The predicted octanol–water partition coefficient (Wildman–Crippen LogP) is 1.39. The molecule has 2 rings (SSSR count). The van der Waals surface area contributed by atoms with Gasteiger partial charge in [0.2, 0.25) is 10.0 Å². The van der Waals surface area contributed by atoms with Crippen molar-refractivity contribution in [3.8, 4) is 11.5 Å². The fourth-order valence-corrected chi connectivity index (χ4v) is 3.64. The van der Waals surface area contributed by atoms with Crippen LogP contribution in [0.5, 0.6) is 11.5 Å². The molecular formula is C19H34IN5O4S. The lowest BCUT2D eigenvalue weighted by Gasteiger charge is -2.21. The number of rotatable bonds is 10. The largest absolute Gasteiger partial charge is 0.497 e. The zero-order valence-corrected chi connectivity index (χ0v) is 21.2. The van der Waals surface area contributed by atoms with Gasteiger partial charge in [0, 0.05) is 62.7 Å². The van der Waals surface area contributed by atoms with Crippen molar-refractivity contribution >= 4 is 45.6 Å². The van der Waals surface area contributed by atoms with E-state index in [-0.39, 0.29) is 30.0 Å². The third-order valence-corrected chi connectivity index (χ3v) is 5.27. The minimum absolute atomic E-state index is 0. The number of methoxy groups -OCH3 is 2. The molecular weight excluding hydrogens is 521 g/mol. The van der Waals surface area contributed by atoms with E-state index in [4.69, 9.17) is 9.47 Å². The second-order valence-corrected chi connectivity index (χ2v) is 8.76. The molecule has 3 N–H and O–H groups in total. The lowest BCUT2D eigenvalue weighted by Crippen LogP contribution is -2.44. The first kappa shape index (κ1) is 26.6. The molecule has 1 aromatic rings. The molecule has 172 valence electrons. The maximum Gasteiger partial charge on any atom is 0.208 e. The van der Waals surface area contributed by atoms with Crippen molar-refractivity contribution in [2.45, 2.75) is 25.8 Å². The molecule has 1 atom stereocenters. The van der Waals surface area contributed by atoms with Gasteiger partial charge in [0.1, 0.15) is 11.5 Å². The van der Waals surface area contributed by atoms with Crippen LogP contribution in [0, 0.1) is 0 Å². The molecule has 0 bridgehead atoms. The van der Waals surface area contributed by atoms with Crippen LogP contribution < -0.4 is 29.7 Å². The Kier molecular flexibility index (Phi) is 11.6. The number of ether oxygens (including phenoxy) is 2. The summed E-state index contributed by atoms with van der Waals surface area (Å²) in [7, 11) is 0.151. The van der Waals surface area contributed by atoms with E-state index in [1.165, 1.54) is 0 Å². The first-order valence-corrected chi connectivity index (χ1v) is 11.7. The Balaban J connectivity index is 0.00000450. The SMILES string of the molecule is CCNC(=NCCCNS(C)(=O)=O)NC1CCN(c2cc(OC)cc(OC)c2)C1.I. The Morgan fingerprint density at radius 1 is 1.23 bits per heavy atom. The number of hydrogen-bond acceptors (Lipinski definition) is 6. The minimum Gasteiger partial charge on any atom is -0.497 e. The fourth-order valence-electron chi connectivity index (χ4n) is 3.13. The highest BCUT2D eigenvalue weighted by molar-refractivity contribution is 14.0. The summed E-state index contributed by atoms with van der Waals surface area (Å²) in [4.78, 5) is 6.84. The maximum absolute atomic E-state index is 11.1. The zero-order valence-electron chi connectivity index (χ0n) is 18.1. The quantitative estimate of drug-likeness (QED) is 0.174. The van der Waals surface area contributed by atoms with Gasteiger partial charge in [0.25, 0.3) is 0 Å². The summed E-state index contributed by atoms with van der Waals surface area (Å²) in [5.41, 5.74) is 1.07. The molecule has 1 unspecified atom stereocenters. The summed E-state index contributed by atoms with van der Waals surface area (Å²) in [5.74, 6) is 2.30. The molecule has 0 amide bonds. The van der Waals surface area contributed by atoms with Crippen LogP contribution in [0.3, 0.4) is 0 Å². The van der Waals surface area contributed by atoms with Gasteiger partial charge in [0.05, 0.1) is 20.5 Å². The number of hydrogen-bond donors (Lipinski definition) is 3. The van der Waals surface area contributed by atoms with Crippen LogP contribution in [0.4, 0.5) is 5.69 Å². The van der Waals surface area contributed by atoms with E-state index in [1.54, 1.807) is 14.2 Å². The van der Waals surface area contributed by atoms with Gasteiger partial charge >= 0.3 is 0 Å². The smallest absolute Gasteiger partial charge is 0.208 e. The number of aliphatic imine (C=N–C) groups is 1. The zero-order chi connectivity index (χ0) is 21.3. The van der Waals surface area contributed by atoms with Crippen molar-refractivity contribution in [1.29, 1.82) is 0 Å². The molecule has 1 aliphatic rings. The normalized spacial score (nSPS) is 16.7. The van der Waals surface area contributed by atoms with Crippen LogP contribution in [0.25, 0.3) is 0 Å². The first-order valence-electron chi connectivity index (χ1n) is 9.82. The third kappa shape index (κ3) is 9.13. The Bertz CT molecular complexity index is 769. The van der Waals surface area contributed by atoms with Gasteiger partial charge in [-0.05, 0) is 19.8 Å². The van der Waals surface area contributed by atoms with Crippen LogP contribution in [0.2, 0.25) is 0 Å². The molecule has 0 radical (unpaired) electrons. The monoisotopic (exact) mass is 555 g/mol. The van der Waals surface area contributed by atoms with Crippen molar-refractivity contribution in [3.05, 3.63) is 18.2 Å². The van der Waals surface area contributed by atoms with E-state index < -0.39 is 10.0 Å². The molecule has 0 spiro atoms. The van der Waals surface area contributed by atoms with E-state index in [1.807, 2.05) is 25.1 Å². The summed E-state index contributed by atoms with van der Waals surface area (Å²) >= 11 is 0. The average molecular weight is 555 g/mol. The van der Waals surface area contributed by atoms with Crippen LogP contribution in [-0.4, -0.2) is 73.6 Å². The van der Waals surface area contributed by atoms with Gasteiger partial charge < -0.3 is 25.0 Å². The van der Waals surface area contributed by atoms with E-state index in [0.717, 1.165) is 55.5 Å². The molecule has 30 heavy (non-hydrogen) atoms. The summed E-state index contributed by atoms with van der Waals surface area (Å²) in [6, 6.07) is 6.15. The maximum atomic E-state index is 11.1. The van der Waals surface area contributed by atoms with E-state index >= 15 is 0 Å². The van der Waals surface area contributed by atoms with Gasteiger partial charge in [-0.15, -0.1) is 24.0 Å². The van der Waals surface area contributed by atoms with Gasteiger partial charge in [-0.2, -0.15) is 0 Å². The van der Waals surface area contributed by atoms with E-state index in [2.05, 4.69) is 25.2 Å². The fraction of sp³-hybridized carbons (Fsp3) is 0.632. The highest BCUT2D eigenvalue weighted by Crippen LogP contribution is 2.30. The summed E-state index contributed by atoms with van der Waals surface area (Å²) in [6.45, 7) is 5.48. The summed E-state index contributed by atoms with van der Waals surface area (Å²) in [5, 5.41) is 6.73. The third-order valence-electron chi connectivity index (χ3n) is 4.54. The standard InChI is InChI=1S/C19H33N5O4S.HI/c1-5-20-19(21-8-6-9-22-29(4,25)26)23-15-7-10-24(14-15)16-11-17(27-2)13-18(12-16)28-3;/h11-13,15,22H,5-10,14H2,1-4H3,(H2,20,21,23);1H. The number of anilines is 1. The molecule has 1 aromatic carbocycles. The van der Waals surface area contributed by atoms with E-state index in [0.29, 0.717) is 19.5 Å². The summed E-state index contributed by atoms with van der Waals surface area (Å²) in [6.07, 6.45) is 2.79. The van der Waals surface area contributed by atoms with Crippen LogP contribution in [0.1, 0.15) is 19.8 Å². The Labute approximate surface area is 197 Å². The van der Waals surface area contributed by atoms with Crippen LogP contribution in [-0.2, 0) is 10.0 Å². The number of benzene rings is 1. The van der Waals surface area contributed by atoms with Crippen molar-refractivity contribution < 1.29 is 17.9 Å². The summed E-state index contributed by atoms with van der Waals surface area (Å²) < 4.78 is 35.4. The van der Waals surface area contributed by atoms with Gasteiger partial charge in [-0.1, -0.05) is 0 Å². The molecule has 0 saturated carbocycles. The van der Waals surface area contributed by atoms with Crippen molar-refractivity contribution in [3.63, 3.8) is 0 Å². The Morgan fingerprint density at radius 2 is 1.90 bits per heavy atom. The minimum atomic E-state index is -3.15. The van der Waals surface area contributed by atoms with Crippen molar-refractivity contribution in [2.24, 2.45) is 4.99 Å². The average Bonchev–Trinajstić information content (AvgIpc) is 3.15. The number of halogens is 1. The molecule has 0 aliphatic carbocycles. The van der Waals surface area contributed by atoms with Crippen LogP contribution in [0.15, 0.2) is 23.2 Å². The molecule has 1 heterocycles.